The van der Waals surface area contributed by atoms with E-state index < -0.39 is 6.04 Å². The Hall–Kier alpha value is -4.92. The van der Waals surface area contributed by atoms with Gasteiger partial charge < -0.3 is 14.8 Å². The van der Waals surface area contributed by atoms with Gasteiger partial charge in [0.05, 0.1) is 29.0 Å². The normalized spacial score (nSPS) is 14.5. The number of fused-ring (bicyclic) bond motifs is 1. The first kappa shape index (κ1) is 30.1. The smallest absolute Gasteiger partial charge is 0.271 e. The SMILES string of the molecule is COc1ccc(/C=c2/sc3n(c2=O)C(c2ccccc2)C(C(=O)Nc2ccccc2C)=C(C)N=3)cc1COc1cccc(Cl)c1. The van der Waals surface area contributed by atoms with Crippen molar-refractivity contribution in [2.24, 2.45) is 4.99 Å². The molecule has 0 saturated carbocycles. The van der Waals surface area contributed by atoms with Gasteiger partial charge in [0.2, 0.25) is 0 Å². The topological polar surface area (TPSA) is 81.9 Å². The molecule has 226 valence electrons. The number of aryl methyl sites for hydroxylation is 1. The van der Waals surface area contributed by atoms with E-state index in [4.69, 9.17) is 26.1 Å². The number of carbonyl (C=O) groups is 1. The third-order valence-electron chi connectivity index (χ3n) is 7.57. The molecule has 7 nitrogen and oxygen atoms in total. The monoisotopic (exact) mass is 635 g/mol. The molecule has 4 aromatic carbocycles. The number of carbonyl (C=O) groups excluding carboxylic acids is 1. The van der Waals surface area contributed by atoms with E-state index in [9.17, 15) is 9.59 Å². The number of rotatable bonds is 8. The molecule has 0 bridgehead atoms. The molecular weight excluding hydrogens is 606 g/mol. The van der Waals surface area contributed by atoms with Crippen molar-refractivity contribution < 1.29 is 14.3 Å². The van der Waals surface area contributed by atoms with Crippen molar-refractivity contribution in [3.63, 3.8) is 0 Å². The summed E-state index contributed by atoms with van der Waals surface area (Å²) < 4.78 is 13.7. The minimum Gasteiger partial charge on any atom is -0.496 e. The number of amides is 1. The highest BCUT2D eigenvalue weighted by atomic mass is 35.5. The Bertz CT molecular complexity index is 2120. The molecule has 1 aliphatic heterocycles. The van der Waals surface area contributed by atoms with Crippen LogP contribution >= 0.6 is 22.9 Å². The number of para-hydroxylation sites is 1. The number of hydrogen-bond donors (Lipinski definition) is 1. The third-order valence-corrected chi connectivity index (χ3v) is 8.79. The van der Waals surface area contributed by atoms with Gasteiger partial charge in [0.15, 0.2) is 4.80 Å². The maximum atomic E-state index is 14.1. The summed E-state index contributed by atoms with van der Waals surface area (Å²) >= 11 is 7.40. The quantitative estimate of drug-likeness (QED) is 0.213. The van der Waals surface area contributed by atoms with E-state index in [1.807, 2.05) is 105 Å². The number of halogens is 1. The molecule has 0 spiro atoms. The van der Waals surface area contributed by atoms with Gasteiger partial charge in [0.25, 0.3) is 11.5 Å². The molecule has 1 aliphatic rings. The van der Waals surface area contributed by atoms with E-state index in [0.717, 1.165) is 22.3 Å². The van der Waals surface area contributed by atoms with E-state index >= 15 is 0 Å². The van der Waals surface area contributed by atoms with Gasteiger partial charge in [-0.2, -0.15) is 0 Å². The van der Waals surface area contributed by atoms with E-state index in [1.54, 1.807) is 23.8 Å². The Morgan fingerprint density at radius 1 is 1.00 bits per heavy atom. The van der Waals surface area contributed by atoms with Crippen molar-refractivity contribution in [3.8, 4) is 11.5 Å². The van der Waals surface area contributed by atoms with E-state index in [1.165, 1.54) is 11.3 Å². The lowest BCUT2D eigenvalue weighted by molar-refractivity contribution is -0.113. The fourth-order valence-corrected chi connectivity index (χ4v) is 6.56. The van der Waals surface area contributed by atoms with Gasteiger partial charge in [0, 0.05) is 16.3 Å². The second-order valence-electron chi connectivity index (χ2n) is 10.6. The highest BCUT2D eigenvalue weighted by molar-refractivity contribution is 7.07. The first-order valence-corrected chi connectivity index (χ1v) is 15.5. The zero-order valence-electron chi connectivity index (χ0n) is 24.9. The van der Waals surface area contributed by atoms with Gasteiger partial charge in [-0.3, -0.25) is 14.2 Å². The molecule has 0 aliphatic carbocycles. The molecule has 1 unspecified atom stereocenters. The lowest BCUT2D eigenvalue weighted by Gasteiger charge is -2.25. The van der Waals surface area contributed by atoms with Crippen molar-refractivity contribution in [2.45, 2.75) is 26.5 Å². The molecule has 1 amide bonds. The number of hydrogen-bond acceptors (Lipinski definition) is 6. The minimum absolute atomic E-state index is 0.228. The van der Waals surface area contributed by atoms with Crippen LogP contribution in [0, 0.1) is 6.92 Å². The molecule has 45 heavy (non-hydrogen) atoms. The average molecular weight is 636 g/mol. The summed E-state index contributed by atoms with van der Waals surface area (Å²) in [5.74, 6) is 1.01. The van der Waals surface area contributed by atoms with E-state index in [-0.39, 0.29) is 18.1 Å². The standard InChI is InChI=1S/C36H30ClN3O4S/c1-22-10-7-8-15-29(22)39-34(41)32-23(2)38-36-40(33(32)25-11-5-4-6-12-25)35(42)31(45-36)19-24-16-17-30(43-3)26(18-24)21-44-28-14-9-13-27(37)20-28/h4-20,33H,21H2,1-3H3,(H,39,41)/b31-19+. The third kappa shape index (κ3) is 6.34. The Balaban J connectivity index is 1.40. The van der Waals surface area contributed by atoms with Crippen molar-refractivity contribution in [3.05, 3.63) is 155 Å². The molecule has 0 radical (unpaired) electrons. The second kappa shape index (κ2) is 13.0. The van der Waals surface area contributed by atoms with Crippen molar-refractivity contribution >= 4 is 40.6 Å². The summed E-state index contributed by atoms with van der Waals surface area (Å²) in [6.45, 7) is 4.00. The van der Waals surface area contributed by atoms with Gasteiger partial charge >= 0.3 is 0 Å². The number of methoxy groups -OCH3 is 1. The Morgan fingerprint density at radius 3 is 2.53 bits per heavy atom. The fourth-order valence-electron chi connectivity index (χ4n) is 5.34. The number of aromatic nitrogens is 1. The molecule has 5 aromatic rings. The first-order chi connectivity index (χ1) is 21.8. The summed E-state index contributed by atoms with van der Waals surface area (Å²) in [6.07, 6.45) is 1.83. The first-order valence-electron chi connectivity index (χ1n) is 14.3. The van der Waals surface area contributed by atoms with Crippen LogP contribution in [-0.4, -0.2) is 17.6 Å². The molecule has 2 heterocycles. The minimum atomic E-state index is -0.647. The van der Waals surface area contributed by atoms with Crippen LogP contribution in [0.1, 0.15) is 35.2 Å². The van der Waals surface area contributed by atoms with Crippen LogP contribution in [0.2, 0.25) is 5.02 Å². The van der Waals surface area contributed by atoms with Crippen LogP contribution in [0.5, 0.6) is 11.5 Å². The number of thiazole rings is 1. The lowest BCUT2D eigenvalue weighted by atomic mass is 9.95. The van der Waals surface area contributed by atoms with Gasteiger partial charge in [-0.05, 0) is 73.0 Å². The zero-order valence-corrected chi connectivity index (χ0v) is 26.5. The number of ether oxygens (including phenoxy) is 2. The maximum absolute atomic E-state index is 14.1. The highest BCUT2D eigenvalue weighted by Gasteiger charge is 2.32. The summed E-state index contributed by atoms with van der Waals surface area (Å²) in [5, 5.41) is 3.63. The van der Waals surface area contributed by atoms with Gasteiger partial charge in [0.1, 0.15) is 18.1 Å². The van der Waals surface area contributed by atoms with Crippen LogP contribution in [0.3, 0.4) is 0 Å². The summed E-state index contributed by atoms with van der Waals surface area (Å²) in [7, 11) is 1.61. The number of nitrogens with zero attached hydrogens (tertiary/aromatic N) is 2. The maximum Gasteiger partial charge on any atom is 0.271 e. The van der Waals surface area contributed by atoms with Crippen LogP contribution < -0.4 is 29.7 Å². The molecular formula is C36H30ClN3O4S. The lowest BCUT2D eigenvalue weighted by Crippen LogP contribution is -2.40. The predicted octanol–water partition coefficient (Wildman–Crippen LogP) is 6.42. The highest BCUT2D eigenvalue weighted by Crippen LogP contribution is 2.31. The molecule has 9 heteroatoms. The molecule has 1 atom stereocenters. The van der Waals surface area contributed by atoms with Crippen molar-refractivity contribution in [1.82, 2.24) is 4.57 Å². The molecule has 6 rings (SSSR count). The Labute approximate surface area is 269 Å². The number of allylic oxidation sites excluding steroid dienone is 1. The van der Waals surface area contributed by atoms with Crippen LogP contribution in [0.4, 0.5) is 5.69 Å². The molecule has 1 N–H and O–H groups in total. The number of anilines is 1. The number of nitrogens with one attached hydrogen (secondary N) is 1. The van der Waals surface area contributed by atoms with Crippen LogP contribution in [0.25, 0.3) is 6.08 Å². The van der Waals surface area contributed by atoms with Crippen LogP contribution in [0.15, 0.2) is 118 Å². The van der Waals surface area contributed by atoms with Gasteiger partial charge in [-0.15, -0.1) is 0 Å². The van der Waals surface area contributed by atoms with E-state index in [2.05, 4.69) is 5.32 Å². The van der Waals surface area contributed by atoms with Crippen molar-refractivity contribution in [2.75, 3.05) is 12.4 Å². The Kier molecular flexibility index (Phi) is 8.69. The Morgan fingerprint density at radius 2 is 1.78 bits per heavy atom. The molecule has 1 aromatic heterocycles. The van der Waals surface area contributed by atoms with E-state index in [0.29, 0.717) is 42.8 Å². The average Bonchev–Trinajstić information content (AvgIpc) is 3.34. The van der Waals surface area contributed by atoms with Crippen LogP contribution in [-0.2, 0) is 11.4 Å². The largest absolute Gasteiger partial charge is 0.496 e. The number of benzene rings is 4. The zero-order chi connectivity index (χ0) is 31.5. The molecule has 0 fully saturated rings. The van der Waals surface area contributed by atoms with Gasteiger partial charge in [-0.1, -0.05) is 83.6 Å². The summed E-state index contributed by atoms with van der Waals surface area (Å²) in [6, 6.07) is 29.4. The predicted molar refractivity (Wildman–Crippen MR) is 179 cm³/mol. The van der Waals surface area contributed by atoms with Crippen molar-refractivity contribution in [1.29, 1.82) is 0 Å². The second-order valence-corrected chi connectivity index (χ2v) is 12.0. The van der Waals surface area contributed by atoms with Gasteiger partial charge in [-0.25, -0.2) is 4.99 Å². The summed E-state index contributed by atoms with van der Waals surface area (Å²) in [5.41, 5.74) is 4.84. The molecule has 0 saturated heterocycles. The fraction of sp³-hybridized carbons (Fsp3) is 0.139. The summed E-state index contributed by atoms with van der Waals surface area (Å²) in [4.78, 5) is 33.2.